The van der Waals surface area contributed by atoms with Gasteiger partial charge in [-0.05, 0) is 18.1 Å². The number of hydrogen-bond acceptors (Lipinski definition) is 1. The average molecular weight is 160 g/mol. The molecule has 0 atom stereocenters. The van der Waals surface area contributed by atoms with E-state index >= 15 is 0 Å². The molecule has 1 nitrogen and oxygen atoms in total. The van der Waals surface area contributed by atoms with E-state index in [9.17, 15) is 4.79 Å². The molecule has 1 aromatic carbocycles. The van der Waals surface area contributed by atoms with Gasteiger partial charge in [-0.15, -0.1) is 0 Å². The molecule has 0 unspecified atom stereocenters. The maximum Gasteiger partial charge on any atom is 0.124 e. The highest BCUT2D eigenvalue weighted by atomic mass is 16.1. The van der Waals surface area contributed by atoms with Crippen LogP contribution in [0.3, 0.4) is 0 Å². The van der Waals surface area contributed by atoms with E-state index in [0.717, 1.165) is 11.8 Å². The molecule has 0 amide bonds. The van der Waals surface area contributed by atoms with Crippen molar-refractivity contribution in [3.63, 3.8) is 0 Å². The standard InChI is InChI=1S/C11H12O/c1-2-3-10-4-6-11(7-5-10)8-9-12/h2-7,9H,8H2,1H3. The summed E-state index contributed by atoms with van der Waals surface area (Å²) < 4.78 is 0. The van der Waals surface area contributed by atoms with E-state index in [2.05, 4.69) is 0 Å². The van der Waals surface area contributed by atoms with Gasteiger partial charge in [-0.2, -0.15) is 0 Å². The Balaban J connectivity index is 2.77. The van der Waals surface area contributed by atoms with Crippen LogP contribution in [0.25, 0.3) is 6.08 Å². The molecular weight excluding hydrogens is 148 g/mol. The molecule has 0 fully saturated rings. The molecule has 0 bridgehead atoms. The third-order valence-electron chi connectivity index (χ3n) is 1.66. The molecule has 0 aliphatic rings. The Labute approximate surface area is 72.7 Å². The van der Waals surface area contributed by atoms with Gasteiger partial charge in [-0.25, -0.2) is 0 Å². The minimum absolute atomic E-state index is 0.510. The molecule has 1 rings (SSSR count). The number of hydrogen-bond donors (Lipinski definition) is 0. The first-order chi connectivity index (χ1) is 5.86. The van der Waals surface area contributed by atoms with E-state index in [-0.39, 0.29) is 0 Å². The first-order valence-corrected chi connectivity index (χ1v) is 4.02. The van der Waals surface area contributed by atoms with E-state index in [4.69, 9.17) is 0 Å². The summed E-state index contributed by atoms with van der Waals surface area (Å²) in [5.74, 6) is 0. The zero-order valence-corrected chi connectivity index (χ0v) is 7.16. The van der Waals surface area contributed by atoms with Crippen LogP contribution in [0.1, 0.15) is 18.1 Å². The molecular formula is C11H12O. The third kappa shape index (κ3) is 2.35. The lowest BCUT2D eigenvalue weighted by molar-refractivity contribution is -0.107. The van der Waals surface area contributed by atoms with Crippen LogP contribution in [-0.4, -0.2) is 6.29 Å². The molecule has 0 saturated heterocycles. The molecule has 0 heterocycles. The zero-order valence-electron chi connectivity index (χ0n) is 7.16. The minimum Gasteiger partial charge on any atom is -0.303 e. The molecule has 1 aromatic rings. The molecule has 0 aliphatic carbocycles. The van der Waals surface area contributed by atoms with Gasteiger partial charge in [0.05, 0.1) is 0 Å². The van der Waals surface area contributed by atoms with Crippen molar-refractivity contribution in [1.82, 2.24) is 0 Å². The summed E-state index contributed by atoms with van der Waals surface area (Å²) in [7, 11) is 0. The van der Waals surface area contributed by atoms with E-state index in [1.54, 1.807) is 0 Å². The molecule has 0 spiro atoms. The molecule has 0 aliphatic heterocycles. The fourth-order valence-electron chi connectivity index (χ4n) is 1.05. The van der Waals surface area contributed by atoms with Crippen LogP contribution in [0.4, 0.5) is 0 Å². The lowest BCUT2D eigenvalue weighted by atomic mass is 10.1. The van der Waals surface area contributed by atoms with Crippen molar-refractivity contribution in [2.24, 2.45) is 0 Å². The van der Waals surface area contributed by atoms with Gasteiger partial charge in [-0.3, -0.25) is 0 Å². The van der Waals surface area contributed by atoms with Crippen LogP contribution in [0, 0.1) is 0 Å². The second kappa shape index (κ2) is 4.50. The largest absolute Gasteiger partial charge is 0.303 e. The van der Waals surface area contributed by atoms with Crippen molar-refractivity contribution in [3.8, 4) is 0 Å². The quantitative estimate of drug-likeness (QED) is 0.621. The Morgan fingerprint density at radius 1 is 1.25 bits per heavy atom. The fraction of sp³-hybridized carbons (Fsp3) is 0.182. The number of benzene rings is 1. The first kappa shape index (κ1) is 8.72. The SMILES string of the molecule is CC=Cc1ccc(CC=O)cc1. The molecule has 0 saturated carbocycles. The minimum atomic E-state index is 0.510. The van der Waals surface area contributed by atoms with Crippen LogP contribution in [-0.2, 0) is 11.2 Å². The number of rotatable bonds is 3. The highest BCUT2D eigenvalue weighted by Crippen LogP contribution is 2.05. The van der Waals surface area contributed by atoms with Gasteiger partial charge < -0.3 is 4.79 Å². The predicted octanol–water partition coefficient (Wildman–Crippen LogP) is 2.46. The summed E-state index contributed by atoms with van der Waals surface area (Å²) in [6.07, 6.45) is 5.46. The maximum atomic E-state index is 10.2. The Morgan fingerprint density at radius 3 is 2.42 bits per heavy atom. The van der Waals surface area contributed by atoms with E-state index in [1.165, 1.54) is 5.56 Å². The topological polar surface area (TPSA) is 17.1 Å². The Morgan fingerprint density at radius 2 is 1.92 bits per heavy atom. The van der Waals surface area contributed by atoms with Crippen molar-refractivity contribution >= 4 is 12.4 Å². The molecule has 12 heavy (non-hydrogen) atoms. The highest BCUT2D eigenvalue weighted by Gasteiger charge is 1.89. The van der Waals surface area contributed by atoms with Crippen molar-refractivity contribution in [2.45, 2.75) is 13.3 Å². The normalized spacial score (nSPS) is 10.4. The summed E-state index contributed by atoms with van der Waals surface area (Å²) in [6.45, 7) is 1.99. The number of carbonyl (C=O) groups excluding carboxylic acids is 1. The second-order valence-corrected chi connectivity index (χ2v) is 2.61. The van der Waals surface area contributed by atoms with Gasteiger partial charge in [0.2, 0.25) is 0 Å². The van der Waals surface area contributed by atoms with Crippen molar-refractivity contribution < 1.29 is 4.79 Å². The van der Waals surface area contributed by atoms with Crippen LogP contribution >= 0.6 is 0 Å². The van der Waals surface area contributed by atoms with Crippen molar-refractivity contribution in [3.05, 3.63) is 41.5 Å². The molecule has 0 N–H and O–H groups in total. The lowest BCUT2D eigenvalue weighted by Gasteiger charge is -1.95. The Kier molecular flexibility index (Phi) is 3.27. The Bertz CT molecular complexity index is 270. The van der Waals surface area contributed by atoms with E-state index in [0.29, 0.717) is 6.42 Å². The zero-order chi connectivity index (χ0) is 8.81. The van der Waals surface area contributed by atoms with Gasteiger partial charge in [0.15, 0.2) is 0 Å². The van der Waals surface area contributed by atoms with Crippen molar-refractivity contribution in [2.75, 3.05) is 0 Å². The van der Waals surface area contributed by atoms with Gasteiger partial charge in [0.25, 0.3) is 0 Å². The van der Waals surface area contributed by atoms with Crippen LogP contribution in [0.5, 0.6) is 0 Å². The number of carbonyl (C=O) groups is 1. The first-order valence-electron chi connectivity index (χ1n) is 4.02. The van der Waals surface area contributed by atoms with Crippen molar-refractivity contribution in [1.29, 1.82) is 0 Å². The van der Waals surface area contributed by atoms with Crippen LogP contribution in [0.2, 0.25) is 0 Å². The summed E-state index contributed by atoms with van der Waals surface area (Å²) in [6, 6.07) is 7.98. The van der Waals surface area contributed by atoms with Crippen LogP contribution in [0.15, 0.2) is 30.3 Å². The second-order valence-electron chi connectivity index (χ2n) is 2.61. The summed E-state index contributed by atoms with van der Waals surface area (Å²) in [5.41, 5.74) is 2.24. The summed E-state index contributed by atoms with van der Waals surface area (Å²) in [5, 5.41) is 0. The third-order valence-corrected chi connectivity index (χ3v) is 1.66. The lowest BCUT2D eigenvalue weighted by Crippen LogP contribution is -1.84. The summed E-state index contributed by atoms with van der Waals surface area (Å²) >= 11 is 0. The smallest absolute Gasteiger partial charge is 0.124 e. The monoisotopic (exact) mass is 160 g/mol. The molecule has 62 valence electrons. The Hall–Kier alpha value is -1.37. The van der Waals surface area contributed by atoms with Gasteiger partial charge in [-0.1, -0.05) is 36.4 Å². The molecule has 1 heteroatoms. The fourth-order valence-corrected chi connectivity index (χ4v) is 1.05. The molecule has 0 aromatic heterocycles. The van der Waals surface area contributed by atoms with E-state index < -0.39 is 0 Å². The predicted molar refractivity (Wildman–Crippen MR) is 50.9 cm³/mol. The maximum absolute atomic E-state index is 10.2. The number of allylic oxidation sites excluding steroid dienone is 1. The van der Waals surface area contributed by atoms with Gasteiger partial charge in [0.1, 0.15) is 6.29 Å². The van der Waals surface area contributed by atoms with Crippen LogP contribution < -0.4 is 0 Å². The van der Waals surface area contributed by atoms with Gasteiger partial charge >= 0.3 is 0 Å². The van der Waals surface area contributed by atoms with Gasteiger partial charge in [0, 0.05) is 6.42 Å². The number of aldehydes is 1. The summed E-state index contributed by atoms with van der Waals surface area (Å²) in [4.78, 5) is 10.2. The average Bonchev–Trinajstić information content (AvgIpc) is 2.09. The highest BCUT2D eigenvalue weighted by molar-refractivity contribution is 5.56. The molecule has 0 radical (unpaired) electrons. The van der Waals surface area contributed by atoms with E-state index in [1.807, 2.05) is 43.3 Å².